The normalized spacial score (nSPS) is 11.9. The fraction of sp³-hybridized carbons (Fsp3) is 0.267. The number of aliphatic hydroxyl groups excluding tert-OH is 1. The van der Waals surface area contributed by atoms with Crippen molar-refractivity contribution in [3.8, 4) is 5.75 Å². The number of nitrogens with zero attached hydrogens (tertiary/aromatic N) is 2. The molecule has 0 saturated carbocycles. The van der Waals surface area contributed by atoms with Gasteiger partial charge in [-0.05, 0) is 18.6 Å². The summed E-state index contributed by atoms with van der Waals surface area (Å²) in [6.45, 7) is 1.79. The van der Waals surface area contributed by atoms with Gasteiger partial charge in [-0.1, -0.05) is 18.2 Å². The maximum Gasteiger partial charge on any atom is 0.285 e. The Morgan fingerprint density at radius 3 is 2.73 bits per heavy atom. The van der Waals surface area contributed by atoms with Crippen molar-refractivity contribution < 1.29 is 14.8 Å². The lowest BCUT2D eigenvalue weighted by molar-refractivity contribution is -0.385. The summed E-state index contributed by atoms with van der Waals surface area (Å²) in [6.07, 6.45) is 0.151. The van der Waals surface area contributed by atoms with Gasteiger partial charge in [-0.25, -0.2) is 0 Å². The Bertz CT molecular complexity index is 726. The number of nitro groups is 1. The highest BCUT2D eigenvalue weighted by Gasteiger charge is 2.12. The van der Waals surface area contributed by atoms with E-state index in [0.29, 0.717) is 5.75 Å². The molecule has 1 atom stereocenters. The van der Waals surface area contributed by atoms with E-state index < -0.39 is 16.6 Å². The zero-order valence-electron chi connectivity index (χ0n) is 12.0. The molecule has 1 aromatic carbocycles. The molecule has 7 nitrogen and oxygen atoms in total. The van der Waals surface area contributed by atoms with Crippen LogP contribution in [-0.2, 0) is 6.54 Å². The van der Waals surface area contributed by atoms with E-state index in [0.717, 1.165) is 28.5 Å². The van der Waals surface area contributed by atoms with Crippen LogP contribution in [0.1, 0.15) is 5.56 Å². The summed E-state index contributed by atoms with van der Waals surface area (Å²) in [5.74, 6) is 0.646. The van der Waals surface area contributed by atoms with Crippen molar-refractivity contribution in [3.63, 3.8) is 0 Å². The molecule has 7 heteroatoms. The molecule has 2 aromatic rings. The Kier molecular flexibility index (Phi) is 4.90. The van der Waals surface area contributed by atoms with E-state index >= 15 is 0 Å². The molecule has 1 heterocycles. The molecule has 0 radical (unpaired) electrons. The summed E-state index contributed by atoms with van der Waals surface area (Å²) in [4.78, 5) is 21.8. The zero-order valence-corrected chi connectivity index (χ0v) is 12.0. The third-order valence-corrected chi connectivity index (χ3v) is 3.11. The van der Waals surface area contributed by atoms with E-state index in [2.05, 4.69) is 0 Å². The number of pyridine rings is 1. The van der Waals surface area contributed by atoms with Gasteiger partial charge in [0.25, 0.3) is 11.2 Å². The quantitative estimate of drug-likeness (QED) is 0.644. The summed E-state index contributed by atoms with van der Waals surface area (Å²) in [7, 11) is 0. The van der Waals surface area contributed by atoms with Gasteiger partial charge < -0.3 is 14.4 Å². The molecule has 22 heavy (non-hydrogen) atoms. The summed E-state index contributed by atoms with van der Waals surface area (Å²) in [6, 6.07) is 9.59. The van der Waals surface area contributed by atoms with Crippen LogP contribution < -0.4 is 10.3 Å². The average molecular weight is 304 g/mol. The number of benzene rings is 1. The van der Waals surface area contributed by atoms with E-state index in [1.165, 1.54) is 0 Å². The van der Waals surface area contributed by atoms with Crippen LogP contribution in [0.15, 0.2) is 47.4 Å². The van der Waals surface area contributed by atoms with E-state index in [9.17, 15) is 20.0 Å². The van der Waals surface area contributed by atoms with Crippen LogP contribution in [-0.4, -0.2) is 27.3 Å². The van der Waals surface area contributed by atoms with Crippen molar-refractivity contribution in [2.45, 2.75) is 19.6 Å². The minimum atomic E-state index is -0.959. The first-order valence-electron chi connectivity index (χ1n) is 6.69. The minimum Gasteiger partial charge on any atom is -0.491 e. The predicted octanol–water partition coefficient (Wildman–Crippen LogP) is 1.50. The first-order valence-corrected chi connectivity index (χ1v) is 6.69. The van der Waals surface area contributed by atoms with Gasteiger partial charge in [-0.3, -0.25) is 14.9 Å². The number of aryl methyl sites for hydroxylation is 1. The van der Waals surface area contributed by atoms with Crippen molar-refractivity contribution in [1.82, 2.24) is 4.57 Å². The fourth-order valence-electron chi connectivity index (χ4n) is 1.95. The predicted molar refractivity (Wildman–Crippen MR) is 80.0 cm³/mol. The van der Waals surface area contributed by atoms with E-state index in [1.54, 1.807) is 6.07 Å². The number of aromatic nitrogens is 1. The second kappa shape index (κ2) is 6.86. The largest absolute Gasteiger partial charge is 0.491 e. The van der Waals surface area contributed by atoms with Gasteiger partial charge in [0.15, 0.2) is 0 Å². The van der Waals surface area contributed by atoms with Crippen molar-refractivity contribution in [3.05, 3.63) is 68.6 Å². The van der Waals surface area contributed by atoms with Crippen LogP contribution in [0.4, 0.5) is 5.69 Å². The molecule has 0 spiro atoms. The molecule has 0 aliphatic heterocycles. The van der Waals surface area contributed by atoms with Gasteiger partial charge in [-0.2, -0.15) is 0 Å². The Morgan fingerprint density at radius 2 is 2.05 bits per heavy atom. The van der Waals surface area contributed by atoms with Crippen LogP contribution in [0.2, 0.25) is 0 Å². The first kappa shape index (κ1) is 15.7. The standard InChI is InChI=1S/C15H16N2O5/c1-11-4-2-3-5-14(11)22-10-13(18)9-16-8-12(17(20)21)6-7-15(16)19/h2-8,13,18H,9-10H2,1H3. The van der Waals surface area contributed by atoms with Crippen molar-refractivity contribution >= 4 is 5.69 Å². The maximum absolute atomic E-state index is 11.6. The Labute approximate surface area is 126 Å². The summed E-state index contributed by atoms with van der Waals surface area (Å²) < 4.78 is 6.59. The highest BCUT2D eigenvalue weighted by atomic mass is 16.6. The lowest BCUT2D eigenvalue weighted by Gasteiger charge is -2.14. The molecular weight excluding hydrogens is 288 g/mol. The number of rotatable bonds is 6. The molecular formula is C15H16N2O5. The summed E-state index contributed by atoms with van der Waals surface area (Å²) in [5.41, 5.74) is 0.314. The van der Waals surface area contributed by atoms with Gasteiger partial charge in [0.05, 0.1) is 17.7 Å². The minimum absolute atomic E-state index is 0.0139. The van der Waals surface area contributed by atoms with Crippen molar-refractivity contribution in [2.75, 3.05) is 6.61 Å². The number of para-hydroxylation sites is 1. The van der Waals surface area contributed by atoms with Crippen LogP contribution in [0.3, 0.4) is 0 Å². The molecule has 0 fully saturated rings. The molecule has 116 valence electrons. The molecule has 0 aliphatic rings. The van der Waals surface area contributed by atoms with Crippen LogP contribution >= 0.6 is 0 Å². The Hall–Kier alpha value is -2.67. The monoisotopic (exact) mass is 304 g/mol. The van der Waals surface area contributed by atoms with Gasteiger partial charge in [0.2, 0.25) is 0 Å². The van der Waals surface area contributed by atoms with E-state index in [4.69, 9.17) is 4.74 Å². The second-order valence-electron chi connectivity index (χ2n) is 4.87. The highest BCUT2D eigenvalue weighted by Crippen LogP contribution is 2.16. The fourth-order valence-corrected chi connectivity index (χ4v) is 1.95. The Morgan fingerprint density at radius 1 is 1.32 bits per heavy atom. The smallest absolute Gasteiger partial charge is 0.285 e. The van der Waals surface area contributed by atoms with Crippen LogP contribution in [0.25, 0.3) is 0 Å². The van der Waals surface area contributed by atoms with Gasteiger partial charge in [0.1, 0.15) is 18.5 Å². The van der Waals surface area contributed by atoms with Gasteiger partial charge >= 0.3 is 0 Å². The lowest BCUT2D eigenvalue weighted by atomic mass is 10.2. The number of hydrogen-bond donors (Lipinski definition) is 1. The lowest BCUT2D eigenvalue weighted by Crippen LogP contribution is -2.29. The topological polar surface area (TPSA) is 94.6 Å². The highest BCUT2D eigenvalue weighted by molar-refractivity contribution is 5.31. The number of hydrogen-bond acceptors (Lipinski definition) is 5. The zero-order chi connectivity index (χ0) is 16.1. The van der Waals surface area contributed by atoms with Crippen LogP contribution in [0, 0.1) is 17.0 Å². The van der Waals surface area contributed by atoms with E-state index in [1.807, 2.05) is 25.1 Å². The molecule has 1 N–H and O–H groups in total. The molecule has 0 amide bonds. The van der Waals surface area contributed by atoms with Crippen LogP contribution in [0.5, 0.6) is 5.75 Å². The molecule has 0 bridgehead atoms. The molecule has 1 unspecified atom stereocenters. The summed E-state index contributed by atoms with van der Waals surface area (Å²) in [5, 5.41) is 20.7. The van der Waals surface area contributed by atoms with Crippen molar-refractivity contribution in [2.24, 2.45) is 0 Å². The molecule has 0 saturated heterocycles. The maximum atomic E-state index is 11.6. The molecule has 0 aliphatic carbocycles. The molecule has 2 rings (SSSR count). The Balaban J connectivity index is 2.02. The third kappa shape index (κ3) is 3.92. The summed E-state index contributed by atoms with van der Waals surface area (Å²) >= 11 is 0. The van der Waals surface area contributed by atoms with Gasteiger partial charge in [-0.15, -0.1) is 0 Å². The number of ether oxygens (including phenoxy) is 1. The average Bonchev–Trinajstić information content (AvgIpc) is 2.48. The first-order chi connectivity index (χ1) is 10.5. The third-order valence-electron chi connectivity index (χ3n) is 3.11. The molecule has 1 aromatic heterocycles. The SMILES string of the molecule is Cc1ccccc1OCC(O)Cn1cc([N+](=O)[O-])ccc1=O. The van der Waals surface area contributed by atoms with Crippen molar-refractivity contribution in [1.29, 1.82) is 0 Å². The number of aliphatic hydroxyl groups is 1. The van der Waals surface area contributed by atoms with Gasteiger partial charge in [0, 0.05) is 12.1 Å². The second-order valence-corrected chi connectivity index (χ2v) is 4.87. The van der Waals surface area contributed by atoms with E-state index in [-0.39, 0.29) is 18.8 Å².